The molecule has 1 unspecified atom stereocenters. The third-order valence-electron chi connectivity index (χ3n) is 4.24. The minimum absolute atomic E-state index is 0. The molecule has 1 aliphatic heterocycles. The van der Waals surface area contributed by atoms with Crippen molar-refractivity contribution in [2.24, 2.45) is 7.05 Å². The lowest BCUT2D eigenvalue weighted by atomic mass is 10.1. The van der Waals surface area contributed by atoms with Crippen LogP contribution in [0.5, 0.6) is 0 Å². The highest BCUT2D eigenvalue weighted by Gasteiger charge is 2.20. The Morgan fingerprint density at radius 2 is 2.18 bits per heavy atom. The van der Waals surface area contributed by atoms with Gasteiger partial charge in [0.2, 0.25) is 0 Å². The molecule has 22 heavy (non-hydrogen) atoms. The first-order valence-electron chi connectivity index (χ1n) is 7.49. The van der Waals surface area contributed by atoms with E-state index in [1.165, 1.54) is 17.2 Å². The van der Waals surface area contributed by atoms with Crippen molar-refractivity contribution >= 4 is 18.2 Å². The molecule has 2 aromatic rings. The average Bonchev–Trinajstić information content (AvgIpc) is 2.99. The standard InChI is InChI=1S/C15H24N6.ClH/c1-11-13(15(19(2)3)20(4)18-11)9-17-12-5-6-14-16-7-8-21(14)10-12;/h7-8,12,17H,5-6,9-10H2,1-4H3;1H. The van der Waals surface area contributed by atoms with Gasteiger partial charge in [-0.05, 0) is 13.3 Å². The molecule has 0 saturated heterocycles. The number of nitrogens with one attached hydrogen (secondary N) is 1. The predicted octanol–water partition coefficient (Wildman–Crippen LogP) is 1.52. The number of hydrogen-bond acceptors (Lipinski definition) is 4. The van der Waals surface area contributed by atoms with Crippen molar-refractivity contribution < 1.29 is 0 Å². The lowest BCUT2D eigenvalue weighted by molar-refractivity contribution is 0.378. The summed E-state index contributed by atoms with van der Waals surface area (Å²) in [6.45, 7) is 3.95. The second kappa shape index (κ2) is 6.71. The maximum absolute atomic E-state index is 4.54. The number of rotatable bonds is 4. The number of fused-ring (bicyclic) bond motifs is 1. The van der Waals surface area contributed by atoms with Gasteiger partial charge < -0.3 is 14.8 Å². The highest BCUT2D eigenvalue weighted by Crippen LogP contribution is 2.22. The molecule has 1 atom stereocenters. The zero-order valence-corrected chi connectivity index (χ0v) is 14.5. The molecule has 0 fully saturated rings. The van der Waals surface area contributed by atoms with Gasteiger partial charge in [0.15, 0.2) is 0 Å². The van der Waals surface area contributed by atoms with Gasteiger partial charge in [-0.1, -0.05) is 0 Å². The number of aryl methyl sites for hydroxylation is 3. The van der Waals surface area contributed by atoms with Crippen molar-refractivity contribution in [2.75, 3.05) is 19.0 Å². The van der Waals surface area contributed by atoms with Crippen LogP contribution in [0, 0.1) is 6.92 Å². The van der Waals surface area contributed by atoms with Crippen LogP contribution in [-0.4, -0.2) is 39.5 Å². The Bertz CT molecular complexity index is 630. The smallest absolute Gasteiger partial charge is 0.130 e. The van der Waals surface area contributed by atoms with Crippen molar-refractivity contribution in [1.82, 2.24) is 24.6 Å². The Labute approximate surface area is 137 Å². The summed E-state index contributed by atoms with van der Waals surface area (Å²) < 4.78 is 4.21. The molecule has 122 valence electrons. The third-order valence-corrected chi connectivity index (χ3v) is 4.24. The van der Waals surface area contributed by atoms with Crippen LogP contribution in [0.25, 0.3) is 0 Å². The van der Waals surface area contributed by atoms with Crippen LogP contribution in [0.1, 0.15) is 23.5 Å². The van der Waals surface area contributed by atoms with E-state index in [9.17, 15) is 0 Å². The molecule has 1 N–H and O–H groups in total. The van der Waals surface area contributed by atoms with Gasteiger partial charge in [0, 0.05) is 64.7 Å². The maximum atomic E-state index is 4.54. The zero-order chi connectivity index (χ0) is 15.0. The number of hydrogen-bond donors (Lipinski definition) is 1. The predicted molar refractivity (Wildman–Crippen MR) is 90.7 cm³/mol. The molecule has 1 aliphatic rings. The van der Waals surface area contributed by atoms with Gasteiger partial charge in [-0.25, -0.2) is 4.98 Å². The first-order chi connectivity index (χ1) is 10.1. The number of aromatic nitrogens is 4. The summed E-state index contributed by atoms with van der Waals surface area (Å²) in [5.74, 6) is 2.39. The maximum Gasteiger partial charge on any atom is 0.130 e. The number of anilines is 1. The first kappa shape index (κ1) is 16.8. The molecular formula is C15H25ClN6. The molecule has 7 heteroatoms. The van der Waals surface area contributed by atoms with Crippen molar-refractivity contribution in [3.63, 3.8) is 0 Å². The summed E-state index contributed by atoms with van der Waals surface area (Å²) >= 11 is 0. The molecular weight excluding hydrogens is 300 g/mol. The number of halogens is 1. The van der Waals surface area contributed by atoms with Gasteiger partial charge >= 0.3 is 0 Å². The third kappa shape index (κ3) is 3.13. The Balaban J connectivity index is 0.00000176. The second-order valence-corrected chi connectivity index (χ2v) is 6.02. The first-order valence-corrected chi connectivity index (χ1v) is 7.49. The lowest BCUT2D eigenvalue weighted by Gasteiger charge is -2.25. The molecule has 0 aliphatic carbocycles. The molecule has 3 rings (SSSR count). The Kier molecular flexibility index (Phi) is 5.13. The van der Waals surface area contributed by atoms with E-state index in [-0.39, 0.29) is 12.4 Å². The summed E-state index contributed by atoms with van der Waals surface area (Å²) in [6, 6.07) is 0.501. The van der Waals surface area contributed by atoms with E-state index in [1.54, 1.807) is 0 Å². The fourth-order valence-electron chi connectivity index (χ4n) is 3.24. The van der Waals surface area contributed by atoms with Crippen molar-refractivity contribution in [3.8, 4) is 0 Å². The van der Waals surface area contributed by atoms with Gasteiger partial charge in [-0.3, -0.25) is 4.68 Å². The van der Waals surface area contributed by atoms with Crippen LogP contribution in [0.3, 0.4) is 0 Å². The van der Waals surface area contributed by atoms with Crippen LogP contribution >= 0.6 is 12.4 Å². The SMILES string of the molecule is Cc1nn(C)c(N(C)C)c1CNC1CCc2nccn2C1.Cl. The average molecular weight is 325 g/mol. The molecule has 0 radical (unpaired) electrons. The Morgan fingerprint density at radius 3 is 2.91 bits per heavy atom. The van der Waals surface area contributed by atoms with Gasteiger partial charge in [-0.2, -0.15) is 5.10 Å². The summed E-state index contributed by atoms with van der Waals surface area (Å²) in [7, 11) is 6.14. The quantitative estimate of drug-likeness (QED) is 0.926. The zero-order valence-electron chi connectivity index (χ0n) is 13.7. The van der Waals surface area contributed by atoms with E-state index in [4.69, 9.17) is 0 Å². The molecule has 0 saturated carbocycles. The molecule has 3 heterocycles. The fourth-order valence-corrected chi connectivity index (χ4v) is 3.24. The Hall–Kier alpha value is -1.53. The van der Waals surface area contributed by atoms with Crippen LogP contribution in [-0.2, 0) is 26.6 Å². The summed E-state index contributed by atoms with van der Waals surface area (Å²) in [5.41, 5.74) is 2.40. The van der Waals surface area contributed by atoms with Crippen molar-refractivity contribution in [1.29, 1.82) is 0 Å². The normalized spacial score (nSPS) is 17.0. The van der Waals surface area contributed by atoms with E-state index in [0.29, 0.717) is 6.04 Å². The minimum atomic E-state index is 0. The highest BCUT2D eigenvalue weighted by molar-refractivity contribution is 5.85. The van der Waals surface area contributed by atoms with Crippen LogP contribution in [0.2, 0.25) is 0 Å². The summed E-state index contributed by atoms with van der Waals surface area (Å²) in [6.07, 6.45) is 6.17. The Morgan fingerprint density at radius 1 is 1.41 bits per heavy atom. The molecule has 0 amide bonds. The summed E-state index contributed by atoms with van der Waals surface area (Å²) in [4.78, 5) is 6.51. The molecule has 0 bridgehead atoms. The van der Waals surface area contributed by atoms with Crippen LogP contribution in [0.15, 0.2) is 12.4 Å². The van der Waals surface area contributed by atoms with E-state index >= 15 is 0 Å². The largest absolute Gasteiger partial charge is 0.363 e. The van der Waals surface area contributed by atoms with Crippen molar-refractivity contribution in [3.05, 3.63) is 29.5 Å². The number of imidazole rings is 1. The molecule has 0 aromatic carbocycles. The second-order valence-electron chi connectivity index (χ2n) is 6.02. The van der Waals surface area contributed by atoms with Crippen LogP contribution in [0.4, 0.5) is 5.82 Å². The molecule has 6 nitrogen and oxygen atoms in total. The van der Waals surface area contributed by atoms with Gasteiger partial charge in [0.25, 0.3) is 0 Å². The highest BCUT2D eigenvalue weighted by atomic mass is 35.5. The van der Waals surface area contributed by atoms with Gasteiger partial charge in [-0.15, -0.1) is 12.4 Å². The minimum Gasteiger partial charge on any atom is -0.363 e. The van der Waals surface area contributed by atoms with Crippen LogP contribution < -0.4 is 10.2 Å². The summed E-state index contributed by atoms with van der Waals surface area (Å²) in [5, 5.41) is 8.23. The number of nitrogens with zero attached hydrogens (tertiary/aromatic N) is 5. The monoisotopic (exact) mass is 324 g/mol. The van der Waals surface area contributed by atoms with E-state index in [1.807, 2.05) is 17.9 Å². The van der Waals surface area contributed by atoms with Crippen molar-refractivity contribution in [2.45, 2.75) is 38.9 Å². The van der Waals surface area contributed by atoms with Gasteiger partial charge in [0.1, 0.15) is 11.6 Å². The van der Waals surface area contributed by atoms with E-state index < -0.39 is 0 Å². The molecule has 2 aromatic heterocycles. The lowest BCUT2D eigenvalue weighted by Crippen LogP contribution is -2.37. The van der Waals surface area contributed by atoms with E-state index in [2.05, 4.69) is 52.1 Å². The molecule has 0 spiro atoms. The fraction of sp³-hybridized carbons (Fsp3) is 0.600. The van der Waals surface area contributed by atoms with E-state index in [0.717, 1.165) is 31.6 Å². The van der Waals surface area contributed by atoms with Gasteiger partial charge in [0.05, 0.1) is 5.69 Å². The topological polar surface area (TPSA) is 50.9 Å².